The quantitative estimate of drug-likeness (QED) is 0.769. The topological polar surface area (TPSA) is 61.4 Å². The van der Waals surface area contributed by atoms with Crippen LogP contribution in [0.25, 0.3) is 0 Å². The van der Waals surface area contributed by atoms with Crippen molar-refractivity contribution in [3.63, 3.8) is 0 Å². The molecular formula is C13H27N3O2S. The van der Waals surface area contributed by atoms with Gasteiger partial charge in [0.05, 0.1) is 0 Å². The zero-order valence-corrected chi connectivity index (χ0v) is 12.9. The first kappa shape index (κ1) is 15.2. The van der Waals surface area contributed by atoms with E-state index in [2.05, 4.69) is 10.0 Å². The fourth-order valence-electron chi connectivity index (χ4n) is 3.07. The van der Waals surface area contributed by atoms with E-state index in [-0.39, 0.29) is 12.1 Å². The van der Waals surface area contributed by atoms with Crippen molar-refractivity contribution in [3.05, 3.63) is 0 Å². The van der Waals surface area contributed by atoms with Crippen LogP contribution in [0.4, 0.5) is 0 Å². The zero-order valence-electron chi connectivity index (χ0n) is 12.1. The van der Waals surface area contributed by atoms with Crippen molar-refractivity contribution >= 4 is 10.2 Å². The Morgan fingerprint density at radius 2 is 1.95 bits per heavy atom. The molecule has 0 spiro atoms. The van der Waals surface area contributed by atoms with Gasteiger partial charge in [0, 0.05) is 25.2 Å². The summed E-state index contributed by atoms with van der Waals surface area (Å²) in [5, 5.41) is 3.10. The van der Waals surface area contributed by atoms with E-state index in [0.29, 0.717) is 12.5 Å². The predicted molar refractivity (Wildman–Crippen MR) is 77.1 cm³/mol. The molecule has 2 N–H and O–H groups in total. The van der Waals surface area contributed by atoms with Gasteiger partial charge in [-0.2, -0.15) is 17.4 Å². The van der Waals surface area contributed by atoms with E-state index in [1.807, 2.05) is 14.0 Å². The summed E-state index contributed by atoms with van der Waals surface area (Å²) >= 11 is 0. The van der Waals surface area contributed by atoms with Gasteiger partial charge in [-0.15, -0.1) is 0 Å². The molecule has 0 radical (unpaired) electrons. The molecule has 0 amide bonds. The average molecular weight is 289 g/mol. The third-order valence-electron chi connectivity index (χ3n) is 4.51. The van der Waals surface area contributed by atoms with Gasteiger partial charge in [-0.1, -0.05) is 12.8 Å². The molecule has 112 valence electrons. The summed E-state index contributed by atoms with van der Waals surface area (Å²) in [5.74, 6) is 0.530. The predicted octanol–water partition coefficient (Wildman–Crippen LogP) is 1.08. The highest BCUT2D eigenvalue weighted by Gasteiger charge is 2.34. The fraction of sp³-hybridized carbons (Fsp3) is 1.00. The minimum atomic E-state index is -3.33. The summed E-state index contributed by atoms with van der Waals surface area (Å²) in [6, 6.07) is 0.167. The molecule has 0 bridgehead atoms. The molecule has 1 aliphatic heterocycles. The minimum Gasteiger partial charge on any atom is -0.318 e. The van der Waals surface area contributed by atoms with Gasteiger partial charge < -0.3 is 5.32 Å². The first-order valence-corrected chi connectivity index (χ1v) is 8.92. The van der Waals surface area contributed by atoms with Gasteiger partial charge in [-0.25, -0.2) is 0 Å². The molecule has 2 fully saturated rings. The van der Waals surface area contributed by atoms with E-state index < -0.39 is 10.2 Å². The monoisotopic (exact) mass is 289 g/mol. The lowest BCUT2D eigenvalue weighted by atomic mass is 9.81. The second kappa shape index (κ2) is 6.52. The molecule has 0 aromatic carbocycles. The number of rotatable bonds is 6. The van der Waals surface area contributed by atoms with E-state index in [1.165, 1.54) is 6.42 Å². The number of likely N-dealkylation sites (N-methyl/N-ethyl adjacent to an activating group) is 1. The lowest BCUT2D eigenvalue weighted by Gasteiger charge is -2.37. The molecule has 0 aromatic heterocycles. The van der Waals surface area contributed by atoms with Gasteiger partial charge in [0.1, 0.15) is 0 Å². The Balaban J connectivity index is 1.99. The first-order chi connectivity index (χ1) is 9.04. The number of nitrogens with one attached hydrogen (secondary N) is 2. The highest BCUT2D eigenvalue weighted by atomic mass is 32.2. The SMILES string of the molecule is CNCC1CCCCN1S(=O)(=O)NC(C)C1CCC1. The van der Waals surface area contributed by atoms with E-state index in [0.717, 1.165) is 38.6 Å². The molecule has 1 saturated carbocycles. The Bertz CT molecular complexity index is 379. The molecule has 0 aromatic rings. The van der Waals surface area contributed by atoms with Crippen LogP contribution in [0, 0.1) is 5.92 Å². The van der Waals surface area contributed by atoms with Gasteiger partial charge >= 0.3 is 0 Å². The second-order valence-electron chi connectivity index (χ2n) is 5.92. The molecule has 6 heteroatoms. The lowest BCUT2D eigenvalue weighted by molar-refractivity contribution is 0.230. The molecule has 1 aliphatic carbocycles. The average Bonchev–Trinajstić information content (AvgIpc) is 2.26. The standard InChI is InChI=1S/C13H27N3O2S/c1-11(12-6-5-7-12)15-19(17,18)16-9-4-3-8-13(16)10-14-2/h11-15H,3-10H2,1-2H3. The van der Waals surface area contributed by atoms with Gasteiger partial charge in [0.25, 0.3) is 10.2 Å². The molecule has 2 rings (SSSR count). The van der Waals surface area contributed by atoms with Gasteiger partial charge in [-0.05, 0) is 45.6 Å². The Morgan fingerprint density at radius 3 is 2.53 bits per heavy atom. The fourth-order valence-corrected chi connectivity index (χ4v) is 4.81. The third kappa shape index (κ3) is 3.68. The largest absolute Gasteiger partial charge is 0.318 e. The van der Waals surface area contributed by atoms with E-state index in [4.69, 9.17) is 0 Å². The maximum Gasteiger partial charge on any atom is 0.279 e. The van der Waals surface area contributed by atoms with Crippen LogP contribution in [0.5, 0.6) is 0 Å². The van der Waals surface area contributed by atoms with E-state index >= 15 is 0 Å². The highest BCUT2D eigenvalue weighted by Crippen LogP contribution is 2.30. The third-order valence-corrected chi connectivity index (χ3v) is 6.28. The summed E-state index contributed by atoms with van der Waals surface area (Å²) in [4.78, 5) is 0. The van der Waals surface area contributed by atoms with Gasteiger partial charge in [0.15, 0.2) is 0 Å². The number of hydrogen-bond acceptors (Lipinski definition) is 3. The van der Waals surface area contributed by atoms with Crippen molar-refractivity contribution in [1.82, 2.24) is 14.3 Å². The Hall–Kier alpha value is -0.170. The molecule has 1 heterocycles. The van der Waals surface area contributed by atoms with Crippen LogP contribution in [0.15, 0.2) is 0 Å². The second-order valence-corrected chi connectivity index (χ2v) is 7.58. The van der Waals surface area contributed by atoms with Crippen molar-refractivity contribution < 1.29 is 8.42 Å². The van der Waals surface area contributed by atoms with Crippen LogP contribution in [-0.4, -0.2) is 44.9 Å². The number of nitrogens with zero attached hydrogens (tertiary/aromatic N) is 1. The molecule has 2 aliphatic rings. The van der Waals surface area contributed by atoms with Crippen molar-refractivity contribution in [2.24, 2.45) is 5.92 Å². The highest BCUT2D eigenvalue weighted by molar-refractivity contribution is 7.87. The van der Waals surface area contributed by atoms with Crippen molar-refractivity contribution in [2.75, 3.05) is 20.1 Å². The summed E-state index contributed by atoms with van der Waals surface area (Å²) < 4.78 is 29.6. The maximum atomic E-state index is 12.5. The Labute approximate surface area is 117 Å². The summed E-state index contributed by atoms with van der Waals surface area (Å²) in [7, 11) is -1.45. The van der Waals surface area contributed by atoms with Crippen LogP contribution in [0.2, 0.25) is 0 Å². The summed E-state index contributed by atoms with van der Waals surface area (Å²) in [6.45, 7) is 3.39. The van der Waals surface area contributed by atoms with E-state index in [1.54, 1.807) is 4.31 Å². The number of hydrogen-bond donors (Lipinski definition) is 2. The molecule has 5 nitrogen and oxygen atoms in total. The Morgan fingerprint density at radius 1 is 1.21 bits per heavy atom. The number of piperidine rings is 1. The Kier molecular flexibility index (Phi) is 5.22. The zero-order chi connectivity index (χ0) is 13.9. The summed E-state index contributed by atoms with van der Waals surface area (Å²) in [5.41, 5.74) is 0. The van der Waals surface area contributed by atoms with Crippen LogP contribution < -0.4 is 10.0 Å². The first-order valence-electron chi connectivity index (χ1n) is 7.48. The van der Waals surface area contributed by atoms with Crippen LogP contribution >= 0.6 is 0 Å². The van der Waals surface area contributed by atoms with Crippen LogP contribution in [0.1, 0.15) is 45.4 Å². The molecule has 2 atom stereocenters. The summed E-state index contributed by atoms with van der Waals surface area (Å²) in [6.07, 6.45) is 6.60. The van der Waals surface area contributed by atoms with Crippen LogP contribution in [-0.2, 0) is 10.2 Å². The van der Waals surface area contributed by atoms with E-state index in [9.17, 15) is 8.42 Å². The molecule has 19 heavy (non-hydrogen) atoms. The van der Waals surface area contributed by atoms with Gasteiger partial charge in [0.2, 0.25) is 0 Å². The minimum absolute atomic E-state index is 0.0657. The molecule has 1 saturated heterocycles. The lowest BCUT2D eigenvalue weighted by Crippen LogP contribution is -2.54. The molecule has 2 unspecified atom stereocenters. The van der Waals surface area contributed by atoms with Crippen LogP contribution in [0.3, 0.4) is 0 Å². The maximum absolute atomic E-state index is 12.5. The van der Waals surface area contributed by atoms with Crippen molar-refractivity contribution in [1.29, 1.82) is 0 Å². The smallest absolute Gasteiger partial charge is 0.279 e. The van der Waals surface area contributed by atoms with Crippen molar-refractivity contribution in [3.8, 4) is 0 Å². The van der Waals surface area contributed by atoms with Gasteiger partial charge in [-0.3, -0.25) is 0 Å². The van der Waals surface area contributed by atoms with Crippen molar-refractivity contribution in [2.45, 2.75) is 57.5 Å². The molecular weight excluding hydrogens is 262 g/mol. The normalized spacial score (nSPS) is 28.0.